The van der Waals surface area contributed by atoms with Gasteiger partial charge < -0.3 is 15.0 Å². The van der Waals surface area contributed by atoms with E-state index in [2.05, 4.69) is 4.98 Å². The Hall–Kier alpha value is -0.960. The highest BCUT2D eigenvalue weighted by Crippen LogP contribution is 2.31. The highest BCUT2D eigenvalue weighted by Gasteiger charge is 2.42. The Balaban J connectivity index is 1.78. The van der Waals surface area contributed by atoms with Crippen LogP contribution < -0.4 is 5.73 Å². The number of hydrogen-bond donors (Lipinski definition) is 1. The minimum atomic E-state index is -3.53. The third kappa shape index (κ3) is 2.37. The van der Waals surface area contributed by atoms with Crippen LogP contribution in [0.4, 0.5) is 0 Å². The van der Waals surface area contributed by atoms with Gasteiger partial charge in [-0.2, -0.15) is 4.31 Å². The molecule has 3 rings (SSSR count). The average Bonchev–Trinajstić information content (AvgIpc) is 3.08. The number of nitrogens with two attached hydrogens (primary N) is 1. The van der Waals surface area contributed by atoms with Crippen LogP contribution in [-0.4, -0.2) is 54.6 Å². The molecule has 2 aliphatic rings. The van der Waals surface area contributed by atoms with E-state index in [1.807, 2.05) is 0 Å². The second kappa shape index (κ2) is 5.10. The van der Waals surface area contributed by atoms with E-state index < -0.39 is 10.0 Å². The van der Waals surface area contributed by atoms with Crippen LogP contribution in [-0.2, 0) is 21.8 Å². The zero-order valence-corrected chi connectivity index (χ0v) is 12.3. The molecular weight excluding hydrogens is 280 g/mol. The van der Waals surface area contributed by atoms with Crippen molar-refractivity contribution in [2.24, 2.45) is 24.6 Å². The van der Waals surface area contributed by atoms with Crippen molar-refractivity contribution in [1.29, 1.82) is 0 Å². The van der Waals surface area contributed by atoms with Crippen LogP contribution in [0.25, 0.3) is 0 Å². The molecule has 20 heavy (non-hydrogen) atoms. The summed E-state index contributed by atoms with van der Waals surface area (Å²) in [4.78, 5) is 3.95. The maximum atomic E-state index is 12.5. The standard InChI is InChI=1S/C12H20N4O3S/c1-15-6-12(14-8-15)20(17,18)16-4-10(11(13)5-16)9-2-3-19-7-9/h6,8-11H,2-5,7,13H2,1H3/t9-,10-,11+/m1/s1. The molecule has 2 fully saturated rings. The van der Waals surface area contributed by atoms with Crippen molar-refractivity contribution < 1.29 is 13.2 Å². The maximum Gasteiger partial charge on any atom is 0.262 e. The molecule has 3 heterocycles. The Labute approximate surface area is 118 Å². The molecule has 0 spiro atoms. The molecule has 0 aromatic carbocycles. The molecule has 0 amide bonds. The Morgan fingerprint density at radius 1 is 1.45 bits per heavy atom. The third-order valence-corrected chi connectivity index (χ3v) is 5.95. The minimum absolute atomic E-state index is 0.0931. The highest BCUT2D eigenvalue weighted by atomic mass is 32.2. The number of imidazole rings is 1. The number of hydrogen-bond acceptors (Lipinski definition) is 5. The summed E-state index contributed by atoms with van der Waals surface area (Å²) < 4.78 is 33.5. The molecule has 112 valence electrons. The number of ether oxygens (including phenoxy) is 1. The van der Waals surface area contributed by atoms with E-state index in [0.29, 0.717) is 25.6 Å². The van der Waals surface area contributed by atoms with Crippen molar-refractivity contribution in [3.05, 3.63) is 12.5 Å². The van der Waals surface area contributed by atoms with Gasteiger partial charge in [-0.3, -0.25) is 0 Å². The van der Waals surface area contributed by atoms with Crippen LogP contribution >= 0.6 is 0 Å². The lowest BCUT2D eigenvalue weighted by Gasteiger charge is -2.20. The molecule has 8 heteroatoms. The van der Waals surface area contributed by atoms with Crippen LogP contribution in [0, 0.1) is 11.8 Å². The lowest BCUT2D eigenvalue weighted by atomic mass is 9.88. The van der Waals surface area contributed by atoms with Crippen molar-refractivity contribution in [2.75, 3.05) is 26.3 Å². The molecule has 2 saturated heterocycles. The predicted molar refractivity (Wildman–Crippen MR) is 72.4 cm³/mol. The van der Waals surface area contributed by atoms with Gasteiger partial charge in [-0.1, -0.05) is 0 Å². The Morgan fingerprint density at radius 3 is 2.85 bits per heavy atom. The minimum Gasteiger partial charge on any atom is -0.381 e. The summed E-state index contributed by atoms with van der Waals surface area (Å²) in [6.07, 6.45) is 3.98. The second-order valence-electron chi connectivity index (χ2n) is 5.65. The summed E-state index contributed by atoms with van der Waals surface area (Å²) in [5, 5.41) is 0.0931. The summed E-state index contributed by atoms with van der Waals surface area (Å²) >= 11 is 0. The predicted octanol–water partition coefficient (Wildman–Crippen LogP) is -0.596. The summed E-state index contributed by atoms with van der Waals surface area (Å²) in [6, 6.07) is -0.125. The molecule has 1 aromatic rings. The van der Waals surface area contributed by atoms with Crippen molar-refractivity contribution in [1.82, 2.24) is 13.9 Å². The fourth-order valence-electron chi connectivity index (χ4n) is 3.06. The van der Waals surface area contributed by atoms with Gasteiger partial charge in [0.2, 0.25) is 0 Å². The van der Waals surface area contributed by atoms with Gasteiger partial charge in [0.1, 0.15) is 0 Å². The van der Waals surface area contributed by atoms with E-state index in [0.717, 1.165) is 13.0 Å². The van der Waals surface area contributed by atoms with Gasteiger partial charge in [-0.15, -0.1) is 0 Å². The highest BCUT2D eigenvalue weighted by molar-refractivity contribution is 7.89. The van der Waals surface area contributed by atoms with E-state index in [9.17, 15) is 8.42 Å². The first kappa shape index (κ1) is 14.0. The molecule has 0 saturated carbocycles. The molecule has 7 nitrogen and oxygen atoms in total. The molecule has 3 atom stereocenters. The maximum absolute atomic E-state index is 12.5. The van der Waals surface area contributed by atoms with E-state index in [4.69, 9.17) is 10.5 Å². The monoisotopic (exact) mass is 300 g/mol. The van der Waals surface area contributed by atoms with Gasteiger partial charge >= 0.3 is 0 Å². The Morgan fingerprint density at radius 2 is 2.25 bits per heavy atom. The fraction of sp³-hybridized carbons (Fsp3) is 0.750. The van der Waals surface area contributed by atoms with Crippen molar-refractivity contribution >= 4 is 10.0 Å². The first-order valence-corrected chi connectivity index (χ1v) is 8.24. The molecule has 1 aromatic heterocycles. The van der Waals surface area contributed by atoms with Crippen molar-refractivity contribution in [3.63, 3.8) is 0 Å². The topological polar surface area (TPSA) is 90.5 Å². The summed E-state index contributed by atoms with van der Waals surface area (Å²) in [5.74, 6) is 0.546. The van der Waals surface area contributed by atoms with Crippen LogP contribution in [0.5, 0.6) is 0 Å². The SMILES string of the molecule is Cn1cnc(S(=O)(=O)N2C[C@H]([C@@H]3CCOC3)[C@@H](N)C2)c1. The van der Waals surface area contributed by atoms with Crippen LogP contribution in [0.2, 0.25) is 0 Å². The molecule has 0 bridgehead atoms. The van der Waals surface area contributed by atoms with Crippen molar-refractivity contribution in [3.8, 4) is 0 Å². The van der Waals surface area contributed by atoms with Crippen molar-refractivity contribution in [2.45, 2.75) is 17.5 Å². The van der Waals surface area contributed by atoms with Gasteiger partial charge in [0.05, 0.1) is 6.33 Å². The lowest BCUT2D eigenvalue weighted by Crippen LogP contribution is -2.34. The number of sulfonamides is 1. The number of nitrogens with zero attached hydrogens (tertiary/aromatic N) is 3. The van der Waals surface area contributed by atoms with Gasteiger partial charge in [0, 0.05) is 45.6 Å². The molecule has 0 aliphatic carbocycles. The fourth-order valence-corrected chi connectivity index (χ4v) is 4.54. The van der Waals surface area contributed by atoms with Gasteiger partial charge in [-0.05, 0) is 18.3 Å². The molecule has 0 unspecified atom stereocenters. The van der Waals surface area contributed by atoms with Crippen LogP contribution in [0.1, 0.15) is 6.42 Å². The number of aromatic nitrogens is 2. The smallest absolute Gasteiger partial charge is 0.262 e. The zero-order chi connectivity index (χ0) is 14.3. The van der Waals surface area contributed by atoms with Gasteiger partial charge in [0.15, 0.2) is 5.03 Å². The second-order valence-corrected chi connectivity index (χ2v) is 7.54. The van der Waals surface area contributed by atoms with Crippen LogP contribution in [0.3, 0.4) is 0 Å². The van der Waals surface area contributed by atoms with E-state index >= 15 is 0 Å². The van der Waals surface area contributed by atoms with E-state index in [1.165, 1.54) is 16.8 Å². The lowest BCUT2D eigenvalue weighted by molar-refractivity contribution is 0.171. The molecular formula is C12H20N4O3S. The average molecular weight is 300 g/mol. The van der Waals surface area contributed by atoms with E-state index in [1.54, 1.807) is 11.6 Å². The largest absolute Gasteiger partial charge is 0.381 e. The van der Waals surface area contributed by atoms with Gasteiger partial charge in [0.25, 0.3) is 10.0 Å². The summed E-state index contributed by atoms with van der Waals surface area (Å²) in [7, 11) is -1.78. The first-order valence-electron chi connectivity index (χ1n) is 6.80. The molecule has 2 aliphatic heterocycles. The zero-order valence-electron chi connectivity index (χ0n) is 11.5. The normalized spacial score (nSPS) is 32.0. The third-order valence-electron chi connectivity index (χ3n) is 4.23. The first-order chi connectivity index (χ1) is 9.48. The number of rotatable bonds is 3. The number of aryl methyl sites for hydroxylation is 1. The summed E-state index contributed by atoms with van der Waals surface area (Å²) in [6.45, 7) is 2.27. The Bertz CT molecular complexity index is 579. The van der Waals surface area contributed by atoms with Gasteiger partial charge in [-0.25, -0.2) is 13.4 Å². The Kier molecular flexibility index (Phi) is 3.57. The van der Waals surface area contributed by atoms with Crippen LogP contribution in [0.15, 0.2) is 17.6 Å². The van der Waals surface area contributed by atoms with E-state index in [-0.39, 0.29) is 17.0 Å². The summed E-state index contributed by atoms with van der Waals surface area (Å²) in [5.41, 5.74) is 6.14. The quantitative estimate of drug-likeness (QED) is 0.805. The molecule has 2 N–H and O–H groups in total. The molecule has 0 radical (unpaired) electrons.